The summed E-state index contributed by atoms with van der Waals surface area (Å²) in [5, 5.41) is 0. The molecule has 0 N–H and O–H groups in total. The van der Waals surface area contributed by atoms with Crippen molar-refractivity contribution in [1.82, 2.24) is 0 Å². The molecule has 1 nitrogen and oxygen atoms in total. The summed E-state index contributed by atoms with van der Waals surface area (Å²) in [6.07, 6.45) is 20.8. The molecular weight excluding hydrogens is 292 g/mol. The van der Waals surface area contributed by atoms with Gasteiger partial charge in [0, 0.05) is 0 Å². The summed E-state index contributed by atoms with van der Waals surface area (Å²) in [6, 6.07) is 0. The second-order valence-electron chi connectivity index (χ2n) is 7.56. The van der Waals surface area contributed by atoms with Crippen molar-refractivity contribution in [2.75, 3.05) is 0 Å². The van der Waals surface area contributed by atoms with Crippen molar-refractivity contribution in [3.05, 3.63) is 11.1 Å². The largest absolute Gasteiger partial charge is 0.295 e. The topological polar surface area (TPSA) is 17.1 Å². The first kappa shape index (κ1) is 23.4. The maximum atomic E-state index is 11.9. The van der Waals surface area contributed by atoms with E-state index in [-0.39, 0.29) is 0 Å². The van der Waals surface area contributed by atoms with Gasteiger partial charge in [-0.25, -0.2) is 0 Å². The molecule has 0 saturated carbocycles. The highest BCUT2D eigenvalue weighted by Gasteiger charge is 2.08. The lowest BCUT2D eigenvalue weighted by Crippen LogP contribution is -2.01. The fraction of sp³-hybridized carbons (Fsp3) is 0.870. The average molecular weight is 337 g/mol. The minimum absolute atomic E-state index is 0.306. The Hall–Kier alpha value is -0.590. The molecule has 0 rings (SSSR count). The van der Waals surface area contributed by atoms with Gasteiger partial charge in [0.1, 0.15) is 0 Å². The first-order valence-corrected chi connectivity index (χ1v) is 10.8. The Labute approximate surface area is 152 Å². The highest BCUT2D eigenvalue weighted by atomic mass is 16.1. The molecule has 0 radical (unpaired) electrons. The molecular formula is C23H44O. The van der Waals surface area contributed by atoms with Gasteiger partial charge in [-0.1, -0.05) is 96.5 Å². The maximum Gasteiger partial charge on any atom is 0.155 e. The molecule has 0 aliphatic carbocycles. The second-order valence-corrected chi connectivity index (χ2v) is 7.56. The number of unbranched alkanes of at least 4 members (excludes halogenated alkanes) is 12. The van der Waals surface area contributed by atoms with Gasteiger partial charge in [0.05, 0.1) is 0 Å². The van der Waals surface area contributed by atoms with E-state index in [9.17, 15) is 4.79 Å². The first-order chi connectivity index (χ1) is 11.6. The van der Waals surface area contributed by atoms with Crippen LogP contribution in [0.25, 0.3) is 0 Å². The fourth-order valence-corrected chi connectivity index (χ4v) is 3.45. The summed E-state index contributed by atoms with van der Waals surface area (Å²) in [5.41, 5.74) is 2.50. The van der Waals surface area contributed by atoms with Crippen molar-refractivity contribution in [3.8, 4) is 0 Å². The molecule has 0 saturated heterocycles. The molecule has 0 aromatic rings. The molecule has 24 heavy (non-hydrogen) atoms. The Morgan fingerprint density at radius 1 is 0.542 bits per heavy atom. The highest BCUT2D eigenvalue weighted by molar-refractivity contribution is 5.93. The van der Waals surface area contributed by atoms with Crippen molar-refractivity contribution in [2.45, 2.75) is 130 Å². The standard InChI is InChI=1S/C23H44O/c1-5-7-9-11-13-14-15-17-19-21(3)23(22(4)24)20-18-16-12-10-8-6-2/h5-20H2,1-4H3. The fourth-order valence-electron chi connectivity index (χ4n) is 3.45. The van der Waals surface area contributed by atoms with E-state index in [0.29, 0.717) is 5.78 Å². The third-order valence-electron chi connectivity index (χ3n) is 5.13. The normalized spacial score (nSPS) is 12.3. The van der Waals surface area contributed by atoms with Crippen molar-refractivity contribution < 1.29 is 4.79 Å². The molecule has 0 aliphatic heterocycles. The predicted molar refractivity (Wildman–Crippen MR) is 109 cm³/mol. The summed E-state index contributed by atoms with van der Waals surface area (Å²) >= 11 is 0. The van der Waals surface area contributed by atoms with Crippen LogP contribution in [0.15, 0.2) is 11.1 Å². The zero-order chi connectivity index (χ0) is 18.0. The molecule has 0 atom stereocenters. The molecule has 0 heterocycles. The SMILES string of the molecule is CCCCCCCCCCC(C)=C(CCCCCCCC)C(C)=O. The minimum atomic E-state index is 0.306. The third-order valence-corrected chi connectivity index (χ3v) is 5.13. The van der Waals surface area contributed by atoms with Crippen LogP contribution in [-0.2, 0) is 4.79 Å². The summed E-state index contributed by atoms with van der Waals surface area (Å²) in [4.78, 5) is 11.9. The number of allylic oxidation sites excluding steroid dienone is 2. The number of rotatable bonds is 17. The predicted octanol–water partition coefficient (Wildman–Crippen LogP) is 8.17. The smallest absolute Gasteiger partial charge is 0.155 e. The summed E-state index contributed by atoms with van der Waals surface area (Å²) in [6.45, 7) is 8.47. The monoisotopic (exact) mass is 336 g/mol. The second kappa shape index (κ2) is 17.2. The Bertz CT molecular complexity index is 327. The van der Waals surface area contributed by atoms with Crippen LogP contribution in [0, 0.1) is 0 Å². The van der Waals surface area contributed by atoms with Crippen molar-refractivity contribution in [1.29, 1.82) is 0 Å². The van der Waals surface area contributed by atoms with E-state index in [1.807, 2.05) is 0 Å². The Balaban J connectivity index is 3.89. The number of hydrogen-bond donors (Lipinski definition) is 0. The third kappa shape index (κ3) is 13.8. The van der Waals surface area contributed by atoms with Gasteiger partial charge < -0.3 is 0 Å². The zero-order valence-electron chi connectivity index (χ0n) is 17.2. The van der Waals surface area contributed by atoms with Gasteiger partial charge >= 0.3 is 0 Å². The number of hydrogen-bond acceptors (Lipinski definition) is 1. The van der Waals surface area contributed by atoms with Gasteiger partial charge in [0.15, 0.2) is 5.78 Å². The minimum Gasteiger partial charge on any atom is -0.295 e. The lowest BCUT2D eigenvalue weighted by molar-refractivity contribution is -0.113. The van der Waals surface area contributed by atoms with E-state index in [0.717, 1.165) is 18.4 Å². The Morgan fingerprint density at radius 3 is 1.33 bits per heavy atom. The van der Waals surface area contributed by atoms with Crippen molar-refractivity contribution in [3.63, 3.8) is 0 Å². The lowest BCUT2D eigenvalue weighted by atomic mass is 9.95. The molecule has 0 aliphatic rings. The van der Waals surface area contributed by atoms with E-state index < -0.39 is 0 Å². The molecule has 0 amide bonds. The van der Waals surface area contributed by atoms with Gasteiger partial charge in [-0.05, 0) is 45.1 Å². The van der Waals surface area contributed by atoms with Gasteiger partial charge in [0.25, 0.3) is 0 Å². The van der Waals surface area contributed by atoms with Gasteiger partial charge in [-0.15, -0.1) is 0 Å². The molecule has 1 heteroatoms. The van der Waals surface area contributed by atoms with Crippen LogP contribution in [0.3, 0.4) is 0 Å². The number of ketones is 1. The van der Waals surface area contributed by atoms with Gasteiger partial charge in [0.2, 0.25) is 0 Å². The van der Waals surface area contributed by atoms with Crippen LogP contribution in [0.2, 0.25) is 0 Å². The van der Waals surface area contributed by atoms with Crippen LogP contribution in [0.1, 0.15) is 130 Å². The Morgan fingerprint density at radius 2 is 0.917 bits per heavy atom. The van der Waals surface area contributed by atoms with E-state index in [2.05, 4.69) is 20.8 Å². The van der Waals surface area contributed by atoms with Gasteiger partial charge in [-0.3, -0.25) is 4.79 Å². The molecule has 0 aromatic carbocycles. The number of carbonyl (C=O) groups excluding carboxylic acids is 1. The van der Waals surface area contributed by atoms with Crippen LogP contribution in [0.4, 0.5) is 0 Å². The van der Waals surface area contributed by atoms with Crippen molar-refractivity contribution >= 4 is 5.78 Å². The van der Waals surface area contributed by atoms with E-state index >= 15 is 0 Å². The van der Waals surface area contributed by atoms with E-state index in [1.54, 1.807) is 6.92 Å². The van der Waals surface area contributed by atoms with Gasteiger partial charge in [-0.2, -0.15) is 0 Å². The maximum absolute atomic E-state index is 11.9. The molecule has 142 valence electrons. The summed E-state index contributed by atoms with van der Waals surface area (Å²) < 4.78 is 0. The quantitative estimate of drug-likeness (QED) is 0.193. The van der Waals surface area contributed by atoms with E-state index in [4.69, 9.17) is 0 Å². The zero-order valence-corrected chi connectivity index (χ0v) is 17.2. The van der Waals surface area contributed by atoms with Crippen LogP contribution in [0.5, 0.6) is 0 Å². The van der Waals surface area contributed by atoms with E-state index in [1.165, 1.54) is 95.5 Å². The average Bonchev–Trinajstić information content (AvgIpc) is 2.56. The van der Waals surface area contributed by atoms with Crippen LogP contribution in [-0.4, -0.2) is 5.78 Å². The van der Waals surface area contributed by atoms with Crippen LogP contribution >= 0.6 is 0 Å². The van der Waals surface area contributed by atoms with Crippen LogP contribution < -0.4 is 0 Å². The molecule has 0 spiro atoms. The highest BCUT2D eigenvalue weighted by Crippen LogP contribution is 2.20. The molecule has 0 aromatic heterocycles. The first-order valence-electron chi connectivity index (χ1n) is 10.8. The molecule has 0 unspecified atom stereocenters. The summed E-state index contributed by atoms with van der Waals surface area (Å²) in [5.74, 6) is 0.306. The van der Waals surface area contributed by atoms with Crippen molar-refractivity contribution in [2.24, 2.45) is 0 Å². The Kier molecular flexibility index (Phi) is 16.8. The molecule has 0 fully saturated rings. The lowest BCUT2D eigenvalue weighted by Gasteiger charge is -2.10. The number of carbonyl (C=O) groups is 1. The molecule has 0 bridgehead atoms. The summed E-state index contributed by atoms with van der Waals surface area (Å²) in [7, 11) is 0. The number of Topliss-reactive ketones (excluding diaryl/α,β-unsaturated/α-hetero) is 1.